The average molecular weight is 250 g/mol. The smallest absolute Gasteiger partial charge is 0.193 e. The Kier molecular flexibility index (Phi) is 3.43. The molecular weight excluding hydrogens is 241 g/mol. The van der Waals surface area contributed by atoms with E-state index in [9.17, 15) is 4.39 Å². The lowest BCUT2D eigenvalue weighted by atomic mass is 9.94. The van der Waals surface area contributed by atoms with Crippen molar-refractivity contribution < 1.29 is 4.39 Å². The van der Waals surface area contributed by atoms with Crippen molar-refractivity contribution in [2.24, 2.45) is 4.99 Å². The fourth-order valence-corrected chi connectivity index (χ4v) is 2.59. The van der Waals surface area contributed by atoms with Gasteiger partial charge < -0.3 is 0 Å². The van der Waals surface area contributed by atoms with Crippen LogP contribution in [0.4, 0.5) is 10.1 Å². The lowest BCUT2D eigenvalue weighted by molar-refractivity contribution is 0.604. The van der Waals surface area contributed by atoms with Gasteiger partial charge in [-0.1, -0.05) is 32.4 Å². The maximum atomic E-state index is 13.3. The Morgan fingerprint density at radius 1 is 1.50 bits per heavy atom. The van der Waals surface area contributed by atoms with Crippen molar-refractivity contribution in [1.82, 2.24) is 0 Å². The molecule has 1 rings (SSSR count). The Morgan fingerprint density at radius 3 is 2.43 bits per heavy atom. The van der Waals surface area contributed by atoms with Gasteiger partial charge in [0.25, 0.3) is 0 Å². The number of thiophene rings is 1. The van der Waals surface area contributed by atoms with Crippen LogP contribution < -0.4 is 0 Å². The molecule has 0 aromatic carbocycles. The zero-order chi connectivity index (χ0) is 10.9. The summed E-state index contributed by atoms with van der Waals surface area (Å²) in [6, 6.07) is 0. The Balaban J connectivity index is 3.38. The van der Waals surface area contributed by atoms with Gasteiger partial charge in [-0.2, -0.15) is 9.38 Å². The molecule has 1 nitrogen and oxygen atoms in total. The lowest BCUT2D eigenvalue weighted by Crippen LogP contribution is -2.08. The molecule has 0 aliphatic heterocycles. The molecule has 0 radical (unpaired) electrons. The third-order valence-electron chi connectivity index (χ3n) is 1.62. The van der Waals surface area contributed by atoms with Crippen LogP contribution in [0.5, 0.6) is 0 Å². The molecular formula is C9H9ClFNS2. The first kappa shape index (κ1) is 11.8. The minimum absolute atomic E-state index is 0.108. The highest BCUT2D eigenvalue weighted by Gasteiger charge is 2.25. The molecule has 1 aromatic rings. The summed E-state index contributed by atoms with van der Waals surface area (Å²) in [6.07, 6.45) is 0. The van der Waals surface area contributed by atoms with Gasteiger partial charge in [0.1, 0.15) is 5.69 Å². The second kappa shape index (κ2) is 4.07. The van der Waals surface area contributed by atoms with E-state index in [1.807, 2.05) is 20.8 Å². The highest BCUT2D eigenvalue weighted by atomic mass is 35.5. The molecule has 0 spiro atoms. The van der Waals surface area contributed by atoms with Crippen LogP contribution >= 0.6 is 35.2 Å². The van der Waals surface area contributed by atoms with E-state index in [1.165, 1.54) is 0 Å². The monoisotopic (exact) mass is 249 g/mol. The summed E-state index contributed by atoms with van der Waals surface area (Å²) in [5.74, 6) is 0. The zero-order valence-electron chi connectivity index (χ0n) is 8.02. The van der Waals surface area contributed by atoms with E-state index in [2.05, 4.69) is 22.4 Å². The van der Waals surface area contributed by atoms with Crippen LogP contribution in [0.25, 0.3) is 0 Å². The van der Waals surface area contributed by atoms with Gasteiger partial charge in [-0.25, -0.2) is 0 Å². The van der Waals surface area contributed by atoms with Gasteiger partial charge >= 0.3 is 0 Å². The molecule has 1 aromatic heterocycles. The van der Waals surface area contributed by atoms with Crippen molar-refractivity contribution in [3.05, 3.63) is 15.0 Å². The average Bonchev–Trinajstić information content (AvgIpc) is 2.31. The summed E-state index contributed by atoms with van der Waals surface area (Å²) in [5, 5.41) is 2.06. The van der Waals surface area contributed by atoms with E-state index < -0.39 is 5.13 Å². The number of nitrogens with zero attached hydrogens (tertiary/aromatic N) is 1. The predicted molar refractivity (Wildman–Crippen MR) is 62.7 cm³/mol. The maximum Gasteiger partial charge on any atom is 0.204 e. The van der Waals surface area contributed by atoms with E-state index in [4.69, 9.17) is 11.6 Å². The molecule has 0 saturated heterocycles. The number of rotatable bonds is 1. The molecule has 14 heavy (non-hydrogen) atoms. The Labute approximate surface area is 96.6 Å². The molecule has 76 valence electrons. The molecule has 0 atom stereocenters. The molecule has 0 aliphatic carbocycles. The van der Waals surface area contributed by atoms with Gasteiger partial charge in [0.15, 0.2) is 0 Å². The standard InChI is InChI=1S/C9H9ClFNS2/c1-9(2,3)7-5(10)6(12-4-13)8(11)14-7/h1-3H3. The quantitative estimate of drug-likeness (QED) is 0.525. The second-order valence-electron chi connectivity index (χ2n) is 3.82. The molecule has 0 bridgehead atoms. The molecule has 0 unspecified atom stereocenters. The van der Waals surface area contributed by atoms with Crippen LogP contribution in [0.15, 0.2) is 4.99 Å². The number of aliphatic imine (C=N–C) groups is 1. The third-order valence-corrected chi connectivity index (χ3v) is 3.59. The van der Waals surface area contributed by atoms with E-state index >= 15 is 0 Å². The first-order chi connectivity index (χ1) is 6.38. The first-order valence-electron chi connectivity index (χ1n) is 3.94. The Hall–Kier alpha value is -0.280. The van der Waals surface area contributed by atoms with Crippen molar-refractivity contribution in [3.63, 3.8) is 0 Å². The predicted octanol–water partition coefficient (Wildman–Crippen LogP) is 4.57. The van der Waals surface area contributed by atoms with Crippen LogP contribution in [-0.4, -0.2) is 5.16 Å². The van der Waals surface area contributed by atoms with Crippen molar-refractivity contribution in [2.45, 2.75) is 26.2 Å². The van der Waals surface area contributed by atoms with Gasteiger partial charge in [0.2, 0.25) is 5.13 Å². The Bertz CT molecular complexity index is 400. The first-order valence-corrected chi connectivity index (χ1v) is 5.54. The van der Waals surface area contributed by atoms with Crippen LogP contribution in [0, 0.1) is 5.13 Å². The Morgan fingerprint density at radius 2 is 2.07 bits per heavy atom. The minimum atomic E-state index is -0.405. The van der Waals surface area contributed by atoms with E-state index in [0.717, 1.165) is 16.2 Å². The molecule has 5 heteroatoms. The van der Waals surface area contributed by atoms with Gasteiger partial charge in [-0.05, 0) is 17.6 Å². The fourth-order valence-electron chi connectivity index (χ4n) is 0.998. The summed E-state index contributed by atoms with van der Waals surface area (Å²) >= 11 is 11.4. The normalized spacial score (nSPS) is 11.2. The molecule has 0 N–H and O–H groups in total. The summed E-state index contributed by atoms with van der Waals surface area (Å²) in [4.78, 5) is 4.39. The van der Waals surface area contributed by atoms with Gasteiger partial charge in [-0.3, -0.25) is 0 Å². The number of isothiocyanates is 1. The molecule has 0 saturated carbocycles. The van der Waals surface area contributed by atoms with Crippen LogP contribution in [0.3, 0.4) is 0 Å². The lowest BCUT2D eigenvalue weighted by Gasteiger charge is -2.16. The van der Waals surface area contributed by atoms with Crippen LogP contribution in [0.1, 0.15) is 25.6 Å². The number of hydrogen-bond donors (Lipinski definition) is 0. The molecule has 0 amide bonds. The fraction of sp³-hybridized carbons (Fsp3) is 0.444. The van der Waals surface area contributed by atoms with Gasteiger partial charge in [-0.15, -0.1) is 11.3 Å². The van der Waals surface area contributed by atoms with Crippen LogP contribution in [0.2, 0.25) is 5.02 Å². The van der Waals surface area contributed by atoms with Crippen molar-refractivity contribution in [3.8, 4) is 0 Å². The highest BCUT2D eigenvalue weighted by molar-refractivity contribution is 7.78. The number of halogens is 2. The number of thiocarbonyl (C=S) groups is 1. The van der Waals surface area contributed by atoms with E-state index in [-0.39, 0.29) is 11.1 Å². The SMILES string of the molecule is CC(C)(C)c1sc(F)c(N=C=S)c1Cl. The van der Waals surface area contributed by atoms with Gasteiger partial charge in [0, 0.05) is 4.88 Å². The minimum Gasteiger partial charge on any atom is -0.193 e. The topological polar surface area (TPSA) is 12.4 Å². The zero-order valence-corrected chi connectivity index (χ0v) is 10.4. The van der Waals surface area contributed by atoms with Crippen molar-refractivity contribution in [2.75, 3.05) is 0 Å². The van der Waals surface area contributed by atoms with E-state index in [0.29, 0.717) is 5.02 Å². The second-order valence-corrected chi connectivity index (χ2v) is 5.35. The van der Waals surface area contributed by atoms with Crippen LogP contribution in [-0.2, 0) is 5.41 Å². The molecule has 0 aliphatic rings. The number of hydrogen-bond acceptors (Lipinski definition) is 3. The molecule has 1 heterocycles. The third kappa shape index (κ3) is 2.20. The maximum absolute atomic E-state index is 13.3. The van der Waals surface area contributed by atoms with Gasteiger partial charge in [0.05, 0.1) is 10.2 Å². The summed E-state index contributed by atoms with van der Waals surface area (Å²) in [6.45, 7) is 5.90. The highest BCUT2D eigenvalue weighted by Crippen LogP contribution is 2.43. The van der Waals surface area contributed by atoms with Crippen molar-refractivity contribution in [1.29, 1.82) is 0 Å². The summed E-state index contributed by atoms with van der Waals surface area (Å²) in [7, 11) is 0. The van der Waals surface area contributed by atoms with E-state index in [1.54, 1.807) is 0 Å². The summed E-state index contributed by atoms with van der Waals surface area (Å²) in [5.41, 5.74) is -0.0748. The van der Waals surface area contributed by atoms with Crippen molar-refractivity contribution >= 4 is 46.0 Å². The summed E-state index contributed by atoms with van der Waals surface area (Å²) < 4.78 is 13.3. The largest absolute Gasteiger partial charge is 0.204 e. The molecule has 0 fully saturated rings.